The highest BCUT2D eigenvalue weighted by atomic mass is 35.5. The predicted octanol–water partition coefficient (Wildman–Crippen LogP) is 5.47. The number of methoxy groups -OCH3 is 2. The van der Waals surface area contributed by atoms with Gasteiger partial charge in [0.25, 0.3) is 5.91 Å². The smallest absolute Gasteiger partial charge is 0.306 e. The minimum atomic E-state index is -1.21. The zero-order chi connectivity index (χ0) is 26.0. The molecule has 0 radical (unpaired) electrons. The van der Waals surface area contributed by atoms with E-state index in [4.69, 9.17) is 25.8 Å². The van der Waals surface area contributed by atoms with E-state index in [1.54, 1.807) is 49.5 Å². The van der Waals surface area contributed by atoms with Crippen molar-refractivity contribution >= 4 is 29.2 Å². The molecule has 0 spiro atoms. The molecule has 1 N–H and O–H groups in total. The Bertz CT molecular complexity index is 1310. The molecule has 0 unspecified atom stereocenters. The van der Waals surface area contributed by atoms with Crippen LogP contribution in [0, 0.1) is 13.8 Å². The van der Waals surface area contributed by atoms with E-state index in [0.717, 1.165) is 22.3 Å². The largest absolute Gasteiger partial charge is 0.497 e. The first-order valence-electron chi connectivity index (χ1n) is 11.5. The number of carboxylic acid groups (broad SMARTS) is 1. The second kappa shape index (κ2) is 10.6. The average Bonchev–Trinajstić information content (AvgIpc) is 2.96. The Hall–Kier alpha value is -3.55. The van der Waals surface area contributed by atoms with Gasteiger partial charge in [0, 0.05) is 22.2 Å². The number of benzene rings is 3. The number of ether oxygens (including phenoxy) is 3. The molecule has 0 saturated carbocycles. The van der Waals surface area contributed by atoms with Gasteiger partial charge in [-0.1, -0.05) is 29.8 Å². The molecule has 7 nitrogen and oxygen atoms in total. The normalized spacial score (nSPS) is 17.4. The van der Waals surface area contributed by atoms with Gasteiger partial charge < -0.3 is 24.2 Å². The third-order valence-electron chi connectivity index (χ3n) is 6.52. The number of amides is 1. The fraction of sp³-hybridized carbons (Fsp3) is 0.286. The molecule has 3 aromatic carbocycles. The quantitative estimate of drug-likeness (QED) is 0.454. The summed E-state index contributed by atoms with van der Waals surface area (Å²) in [6.07, 6.45) is -2.37. The third kappa shape index (κ3) is 5.03. The van der Waals surface area contributed by atoms with Gasteiger partial charge in [-0.05, 0) is 60.9 Å². The molecule has 1 aliphatic rings. The molecule has 0 bridgehead atoms. The lowest BCUT2D eigenvalue weighted by molar-refractivity contribution is -0.147. The molecule has 3 aromatic rings. The van der Waals surface area contributed by atoms with Crippen LogP contribution in [0.5, 0.6) is 11.5 Å². The molecule has 1 aliphatic heterocycles. The molecule has 4 rings (SSSR count). The van der Waals surface area contributed by atoms with Crippen LogP contribution in [0.1, 0.15) is 40.3 Å². The van der Waals surface area contributed by atoms with Crippen molar-refractivity contribution in [3.8, 4) is 11.5 Å². The highest BCUT2D eigenvalue weighted by molar-refractivity contribution is 6.30. The van der Waals surface area contributed by atoms with Crippen LogP contribution in [-0.2, 0) is 20.9 Å². The molecule has 36 heavy (non-hydrogen) atoms. The topological polar surface area (TPSA) is 85.3 Å². The van der Waals surface area contributed by atoms with Crippen LogP contribution in [0.4, 0.5) is 5.69 Å². The third-order valence-corrected chi connectivity index (χ3v) is 6.75. The van der Waals surface area contributed by atoms with Crippen molar-refractivity contribution in [3.63, 3.8) is 0 Å². The molecule has 0 aliphatic carbocycles. The summed E-state index contributed by atoms with van der Waals surface area (Å²) >= 11 is 6.41. The van der Waals surface area contributed by atoms with Crippen molar-refractivity contribution in [2.24, 2.45) is 0 Å². The summed E-state index contributed by atoms with van der Waals surface area (Å²) in [6, 6.07) is 16.5. The Morgan fingerprint density at radius 3 is 2.53 bits per heavy atom. The first kappa shape index (κ1) is 25.5. The lowest BCUT2D eigenvalue weighted by atomic mass is 9.93. The van der Waals surface area contributed by atoms with Crippen LogP contribution in [0.3, 0.4) is 0 Å². The van der Waals surface area contributed by atoms with Gasteiger partial charge in [-0.15, -0.1) is 0 Å². The maximum absolute atomic E-state index is 13.8. The van der Waals surface area contributed by atoms with E-state index in [1.165, 1.54) is 0 Å². The summed E-state index contributed by atoms with van der Waals surface area (Å²) in [5, 5.41) is 10.1. The molecule has 2 atom stereocenters. The van der Waals surface area contributed by atoms with E-state index in [-0.39, 0.29) is 6.54 Å². The number of rotatable bonds is 7. The number of carbonyl (C=O) groups excluding carboxylic acids is 1. The Balaban J connectivity index is 1.89. The number of anilines is 1. The summed E-state index contributed by atoms with van der Waals surface area (Å²) in [6.45, 7) is 4.12. The number of aryl methyl sites for hydroxylation is 1. The lowest BCUT2D eigenvalue weighted by Gasteiger charge is -2.26. The molecule has 188 valence electrons. The Morgan fingerprint density at radius 1 is 1.06 bits per heavy atom. The molecular weight excluding hydrogens is 482 g/mol. The minimum absolute atomic E-state index is 0.139. The summed E-state index contributed by atoms with van der Waals surface area (Å²) < 4.78 is 17.2. The van der Waals surface area contributed by atoms with Crippen LogP contribution in [0.15, 0.2) is 54.6 Å². The van der Waals surface area contributed by atoms with Crippen LogP contribution < -0.4 is 14.4 Å². The second-order valence-electron chi connectivity index (χ2n) is 8.70. The summed E-state index contributed by atoms with van der Waals surface area (Å²) in [7, 11) is 3.11. The zero-order valence-electron chi connectivity index (χ0n) is 20.6. The second-order valence-corrected chi connectivity index (χ2v) is 9.13. The van der Waals surface area contributed by atoms with Crippen molar-refractivity contribution in [1.29, 1.82) is 0 Å². The number of fused-ring (bicyclic) bond motifs is 1. The van der Waals surface area contributed by atoms with Crippen molar-refractivity contribution in [2.75, 3.05) is 19.1 Å². The monoisotopic (exact) mass is 509 g/mol. The highest BCUT2D eigenvalue weighted by Gasteiger charge is 2.38. The number of hydrogen-bond donors (Lipinski definition) is 1. The van der Waals surface area contributed by atoms with E-state index in [1.807, 2.05) is 38.1 Å². The van der Waals surface area contributed by atoms with E-state index in [0.29, 0.717) is 27.8 Å². The van der Waals surface area contributed by atoms with Crippen LogP contribution in [-0.4, -0.2) is 37.3 Å². The number of carboxylic acids is 1. The zero-order valence-corrected chi connectivity index (χ0v) is 21.3. The highest BCUT2D eigenvalue weighted by Crippen LogP contribution is 2.42. The molecular formula is C28H28ClNO6. The summed E-state index contributed by atoms with van der Waals surface area (Å²) in [5.74, 6) is -0.415. The molecule has 0 fully saturated rings. The number of halogens is 1. The van der Waals surface area contributed by atoms with Crippen molar-refractivity contribution in [3.05, 3.63) is 87.4 Å². The molecule has 0 aromatic heterocycles. The van der Waals surface area contributed by atoms with Crippen LogP contribution in [0.2, 0.25) is 5.02 Å². The van der Waals surface area contributed by atoms with E-state index in [9.17, 15) is 14.7 Å². The van der Waals surface area contributed by atoms with Gasteiger partial charge in [-0.3, -0.25) is 9.59 Å². The number of carbonyl (C=O) groups is 2. The average molecular weight is 510 g/mol. The first-order valence-corrected chi connectivity index (χ1v) is 11.9. The van der Waals surface area contributed by atoms with Crippen molar-refractivity contribution in [1.82, 2.24) is 0 Å². The van der Waals surface area contributed by atoms with Gasteiger partial charge in [0.1, 0.15) is 23.7 Å². The Labute approximate surface area is 215 Å². The maximum atomic E-state index is 13.8. The summed E-state index contributed by atoms with van der Waals surface area (Å²) in [4.78, 5) is 27.1. The van der Waals surface area contributed by atoms with Gasteiger partial charge in [0.15, 0.2) is 0 Å². The van der Waals surface area contributed by atoms with Gasteiger partial charge in [0.05, 0.1) is 32.9 Å². The maximum Gasteiger partial charge on any atom is 0.306 e. The number of aliphatic carboxylic acids is 1. The standard InChI is InChI=1S/C28H28ClNO6/c1-16-6-5-7-21(17(16)2)27-22-12-19(29)9-11-23(22)30(28(33)25(36-27)14-26(31)32)15-18-8-10-20(34-3)13-24(18)35-4/h5-13,25,27H,14-15H2,1-4H3,(H,31,32)/t25-,27-/m0/s1. The van der Waals surface area contributed by atoms with Crippen LogP contribution >= 0.6 is 11.6 Å². The van der Waals surface area contributed by atoms with E-state index >= 15 is 0 Å². The molecule has 1 heterocycles. The van der Waals surface area contributed by atoms with Gasteiger partial charge >= 0.3 is 5.97 Å². The number of nitrogens with zero attached hydrogens (tertiary/aromatic N) is 1. The minimum Gasteiger partial charge on any atom is -0.497 e. The van der Waals surface area contributed by atoms with E-state index in [2.05, 4.69) is 0 Å². The predicted molar refractivity (Wildman–Crippen MR) is 137 cm³/mol. The Kier molecular flexibility index (Phi) is 7.52. The number of hydrogen-bond acceptors (Lipinski definition) is 5. The fourth-order valence-corrected chi connectivity index (χ4v) is 4.66. The van der Waals surface area contributed by atoms with Gasteiger partial charge in [-0.25, -0.2) is 0 Å². The lowest BCUT2D eigenvalue weighted by Crippen LogP contribution is -2.40. The molecule has 0 saturated heterocycles. The van der Waals surface area contributed by atoms with E-state index < -0.39 is 30.5 Å². The van der Waals surface area contributed by atoms with Crippen molar-refractivity contribution < 1.29 is 28.9 Å². The van der Waals surface area contributed by atoms with Crippen molar-refractivity contribution in [2.45, 2.75) is 39.0 Å². The van der Waals surface area contributed by atoms with Gasteiger partial charge in [0.2, 0.25) is 0 Å². The molecule has 1 amide bonds. The first-order chi connectivity index (χ1) is 17.2. The van der Waals surface area contributed by atoms with Crippen LogP contribution in [0.25, 0.3) is 0 Å². The fourth-order valence-electron chi connectivity index (χ4n) is 4.48. The Morgan fingerprint density at radius 2 is 1.83 bits per heavy atom. The summed E-state index contributed by atoms with van der Waals surface area (Å²) in [5.41, 5.74) is 4.92. The van der Waals surface area contributed by atoms with Gasteiger partial charge in [-0.2, -0.15) is 0 Å². The molecule has 8 heteroatoms. The SMILES string of the molecule is COc1ccc(CN2C(=O)[C@H](CC(=O)O)O[C@@H](c3cccc(C)c3C)c3cc(Cl)ccc32)c(OC)c1.